The molecule has 21 heavy (non-hydrogen) atoms. The third kappa shape index (κ3) is 4.90. The molecule has 2 aromatic rings. The first-order valence-corrected chi connectivity index (χ1v) is 7.55. The number of halogens is 1. The van der Waals surface area contributed by atoms with Gasteiger partial charge in [-0.2, -0.15) is 0 Å². The summed E-state index contributed by atoms with van der Waals surface area (Å²) in [6.45, 7) is 2.62. The number of carbonyl (C=O) groups is 1. The lowest BCUT2D eigenvalue weighted by Crippen LogP contribution is -2.26. The van der Waals surface area contributed by atoms with Gasteiger partial charge in [0.1, 0.15) is 0 Å². The van der Waals surface area contributed by atoms with E-state index in [1.165, 1.54) is 0 Å². The molecule has 112 valence electrons. The number of hydrogen-bond donors (Lipinski definition) is 1. The van der Waals surface area contributed by atoms with Gasteiger partial charge in [0.25, 0.3) is 0 Å². The average Bonchev–Trinajstić information content (AvgIpc) is 2.99. The van der Waals surface area contributed by atoms with Crippen molar-refractivity contribution in [3.8, 4) is 0 Å². The van der Waals surface area contributed by atoms with E-state index in [0.29, 0.717) is 18.0 Å². The Morgan fingerprint density at radius 3 is 3.00 bits per heavy atom. The molecule has 1 amide bonds. The predicted molar refractivity (Wildman–Crippen MR) is 84.1 cm³/mol. The third-order valence-corrected chi connectivity index (χ3v) is 3.60. The number of imidazole rings is 1. The van der Waals surface area contributed by atoms with E-state index in [4.69, 9.17) is 11.6 Å². The fourth-order valence-electron chi connectivity index (χ4n) is 2.31. The lowest BCUT2D eigenvalue weighted by Gasteiger charge is -2.17. The smallest absolute Gasteiger partial charge is 0.222 e. The minimum atomic E-state index is 0.0436. The summed E-state index contributed by atoms with van der Waals surface area (Å²) in [6.07, 6.45) is 7.87. The molecule has 0 bridgehead atoms. The van der Waals surface area contributed by atoms with Gasteiger partial charge in [-0.15, -0.1) is 0 Å². The van der Waals surface area contributed by atoms with Crippen molar-refractivity contribution in [2.45, 2.75) is 38.8 Å². The summed E-state index contributed by atoms with van der Waals surface area (Å²) >= 11 is 5.93. The van der Waals surface area contributed by atoms with E-state index in [-0.39, 0.29) is 11.9 Å². The topological polar surface area (TPSA) is 46.9 Å². The van der Waals surface area contributed by atoms with Gasteiger partial charge < -0.3 is 9.88 Å². The molecular weight excluding hydrogens is 286 g/mol. The van der Waals surface area contributed by atoms with Crippen molar-refractivity contribution in [2.24, 2.45) is 0 Å². The second-order valence-electron chi connectivity index (χ2n) is 5.06. The van der Waals surface area contributed by atoms with Crippen molar-refractivity contribution in [3.05, 3.63) is 53.6 Å². The maximum Gasteiger partial charge on any atom is 0.222 e. The zero-order chi connectivity index (χ0) is 15.1. The minimum absolute atomic E-state index is 0.0436. The lowest BCUT2D eigenvalue weighted by molar-refractivity contribution is -0.122. The van der Waals surface area contributed by atoms with Crippen LogP contribution >= 0.6 is 11.6 Å². The van der Waals surface area contributed by atoms with E-state index in [1.54, 1.807) is 12.5 Å². The van der Waals surface area contributed by atoms with E-state index in [0.717, 1.165) is 18.4 Å². The summed E-state index contributed by atoms with van der Waals surface area (Å²) in [7, 11) is 0. The van der Waals surface area contributed by atoms with Crippen LogP contribution in [-0.4, -0.2) is 15.5 Å². The molecule has 0 fully saturated rings. The van der Waals surface area contributed by atoms with Crippen molar-refractivity contribution >= 4 is 17.5 Å². The Hall–Kier alpha value is -1.81. The molecule has 0 aliphatic heterocycles. The number of aromatic nitrogens is 2. The third-order valence-electron chi connectivity index (χ3n) is 3.37. The molecule has 5 heteroatoms. The van der Waals surface area contributed by atoms with Gasteiger partial charge in [0.15, 0.2) is 0 Å². The normalized spacial score (nSPS) is 12.1. The van der Waals surface area contributed by atoms with Gasteiger partial charge >= 0.3 is 0 Å². The van der Waals surface area contributed by atoms with E-state index >= 15 is 0 Å². The second-order valence-corrected chi connectivity index (χ2v) is 5.50. The Bertz CT molecular complexity index is 569. The van der Waals surface area contributed by atoms with Crippen LogP contribution in [-0.2, 0) is 11.3 Å². The van der Waals surface area contributed by atoms with Crippen molar-refractivity contribution in [1.82, 2.24) is 14.9 Å². The summed E-state index contributed by atoms with van der Waals surface area (Å²) in [5.74, 6) is 0.0436. The van der Waals surface area contributed by atoms with Gasteiger partial charge in [0.2, 0.25) is 5.91 Å². The summed E-state index contributed by atoms with van der Waals surface area (Å²) in [5, 5.41) is 3.63. The average molecular weight is 306 g/mol. The summed E-state index contributed by atoms with van der Waals surface area (Å²) in [4.78, 5) is 16.2. The summed E-state index contributed by atoms with van der Waals surface area (Å²) < 4.78 is 2.00. The van der Waals surface area contributed by atoms with Crippen LogP contribution in [0.1, 0.15) is 37.8 Å². The van der Waals surface area contributed by atoms with Gasteiger partial charge in [-0.05, 0) is 24.1 Å². The number of hydrogen-bond acceptors (Lipinski definition) is 2. The van der Waals surface area contributed by atoms with E-state index in [1.807, 2.05) is 35.0 Å². The molecule has 0 aliphatic carbocycles. The molecule has 2 rings (SSSR count). The van der Waals surface area contributed by atoms with E-state index in [2.05, 4.69) is 17.2 Å². The highest BCUT2D eigenvalue weighted by Gasteiger charge is 2.14. The SMILES string of the molecule is CCC[C@@H](CC(=O)NCc1cccc(Cl)c1)n1ccnc1. The number of carbonyl (C=O) groups excluding carboxylic acids is 1. The monoisotopic (exact) mass is 305 g/mol. The van der Waals surface area contributed by atoms with Crippen LogP contribution in [0.2, 0.25) is 5.02 Å². The number of amides is 1. The van der Waals surface area contributed by atoms with Crippen LogP contribution < -0.4 is 5.32 Å². The molecule has 1 N–H and O–H groups in total. The Morgan fingerprint density at radius 1 is 1.48 bits per heavy atom. The highest BCUT2D eigenvalue weighted by molar-refractivity contribution is 6.30. The maximum atomic E-state index is 12.1. The zero-order valence-corrected chi connectivity index (χ0v) is 12.9. The molecule has 4 nitrogen and oxygen atoms in total. The minimum Gasteiger partial charge on any atom is -0.352 e. The molecule has 1 atom stereocenters. The van der Waals surface area contributed by atoms with Crippen LogP contribution in [0.25, 0.3) is 0 Å². The zero-order valence-electron chi connectivity index (χ0n) is 12.1. The highest BCUT2D eigenvalue weighted by atomic mass is 35.5. The predicted octanol–water partition coefficient (Wildman–Crippen LogP) is 3.58. The van der Waals surface area contributed by atoms with Gasteiger partial charge in [-0.3, -0.25) is 4.79 Å². The standard InChI is InChI=1S/C16H20ClN3O/c1-2-4-15(20-8-7-18-12-20)10-16(21)19-11-13-5-3-6-14(17)9-13/h3,5-9,12,15H,2,4,10-11H2,1H3,(H,19,21)/t15-/m0/s1. The van der Waals surface area contributed by atoms with Crippen LogP contribution in [0.5, 0.6) is 0 Å². The van der Waals surface area contributed by atoms with Crippen LogP contribution in [0.4, 0.5) is 0 Å². The Morgan fingerprint density at radius 2 is 2.33 bits per heavy atom. The maximum absolute atomic E-state index is 12.1. The second kappa shape index (κ2) is 7.84. The summed E-state index contributed by atoms with van der Waals surface area (Å²) in [6, 6.07) is 7.68. The summed E-state index contributed by atoms with van der Waals surface area (Å²) in [5.41, 5.74) is 1.01. The first-order valence-electron chi connectivity index (χ1n) is 7.17. The van der Waals surface area contributed by atoms with E-state index in [9.17, 15) is 4.79 Å². The molecule has 0 unspecified atom stereocenters. The Balaban J connectivity index is 1.88. The molecule has 1 aromatic heterocycles. The Labute approximate surface area is 130 Å². The molecular formula is C16H20ClN3O. The Kier molecular flexibility index (Phi) is 5.81. The highest BCUT2D eigenvalue weighted by Crippen LogP contribution is 2.17. The van der Waals surface area contributed by atoms with Gasteiger partial charge in [0, 0.05) is 36.4 Å². The first-order chi connectivity index (χ1) is 10.2. The lowest BCUT2D eigenvalue weighted by atomic mass is 10.1. The van der Waals surface area contributed by atoms with Crippen LogP contribution in [0.3, 0.4) is 0 Å². The fraction of sp³-hybridized carbons (Fsp3) is 0.375. The van der Waals surface area contributed by atoms with Crippen molar-refractivity contribution in [3.63, 3.8) is 0 Å². The van der Waals surface area contributed by atoms with Crippen molar-refractivity contribution in [1.29, 1.82) is 0 Å². The molecule has 0 saturated heterocycles. The molecule has 0 saturated carbocycles. The molecule has 1 aromatic carbocycles. The molecule has 1 heterocycles. The van der Waals surface area contributed by atoms with Gasteiger partial charge in [-0.1, -0.05) is 37.1 Å². The molecule has 0 aliphatic rings. The van der Waals surface area contributed by atoms with E-state index < -0.39 is 0 Å². The quantitative estimate of drug-likeness (QED) is 0.850. The van der Waals surface area contributed by atoms with Gasteiger partial charge in [-0.25, -0.2) is 4.98 Å². The largest absolute Gasteiger partial charge is 0.352 e. The number of benzene rings is 1. The molecule has 0 radical (unpaired) electrons. The number of rotatable bonds is 7. The number of nitrogens with one attached hydrogen (secondary N) is 1. The van der Waals surface area contributed by atoms with Crippen LogP contribution in [0.15, 0.2) is 43.0 Å². The van der Waals surface area contributed by atoms with Crippen molar-refractivity contribution in [2.75, 3.05) is 0 Å². The van der Waals surface area contributed by atoms with Crippen LogP contribution in [0, 0.1) is 0 Å². The fourth-order valence-corrected chi connectivity index (χ4v) is 2.52. The number of nitrogens with zero attached hydrogens (tertiary/aromatic N) is 2. The van der Waals surface area contributed by atoms with Crippen molar-refractivity contribution < 1.29 is 4.79 Å². The van der Waals surface area contributed by atoms with Gasteiger partial charge in [0.05, 0.1) is 6.33 Å². The molecule has 0 spiro atoms. The first kappa shape index (κ1) is 15.6.